The third-order valence-corrected chi connectivity index (χ3v) is 5.91. The Morgan fingerprint density at radius 1 is 0.423 bits per heavy atom. The molecule has 0 aromatic carbocycles. The van der Waals surface area contributed by atoms with E-state index >= 15 is 0 Å². The summed E-state index contributed by atoms with van der Waals surface area (Å²) in [5.74, 6) is 0.919. The second-order valence-electron chi connectivity index (χ2n) is 8.67. The predicted octanol–water partition coefficient (Wildman–Crippen LogP) is 10.1. The molecule has 0 N–H and O–H groups in total. The Bertz CT molecular complexity index is 232. The molecule has 0 saturated carbocycles. The fourth-order valence-corrected chi connectivity index (χ4v) is 4.03. The van der Waals surface area contributed by atoms with Gasteiger partial charge < -0.3 is 0 Å². The largest absolute Gasteiger partial charge is 0.0654 e. The Kier molecular flexibility index (Phi) is 23.0. The molecule has 0 spiro atoms. The van der Waals surface area contributed by atoms with Crippen molar-refractivity contribution in [2.24, 2.45) is 5.92 Å². The van der Waals surface area contributed by atoms with Crippen LogP contribution in [0.5, 0.6) is 0 Å². The Balaban J connectivity index is 3.74. The first kappa shape index (κ1) is 26.0. The van der Waals surface area contributed by atoms with Crippen molar-refractivity contribution in [1.82, 2.24) is 0 Å². The van der Waals surface area contributed by atoms with Gasteiger partial charge in [-0.05, 0) is 18.8 Å². The molecule has 0 amide bonds. The van der Waals surface area contributed by atoms with Gasteiger partial charge in [0, 0.05) is 0 Å². The Labute approximate surface area is 168 Å². The van der Waals surface area contributed by atoms with Crippen LogP contribution in [0, 0.1) is 12.3 Å². The lowest BCUT2D eigenvalue weighted by molar-refractivity contribution is 0.431. The Hall–Kier alpha value is 0. The molecule has 26 heavy (non-hydrogen) atoms. The SMILES string of the molecule is CCCCCCCCC[CH]C(CCCCCCC)CCCCCCCC. The van der Waals surface area contributed by atoms with Crippen molar-refractivity contribution in [3.8, 4) is 0 Å². The van der Waals surface area contributed by atoms with E-state index in [9.17, 15) is 0 Å². The van der Waals surface area contributed by atoms with Crippen LogP contribution in [-0.4, -0.2) is 0 Å². The second kappa shape index (κ2) is 23.0. The summed E-state index contributed by atoms with van der Waals surface area (Å²) in [6.45, 7) is 6.94. The van der Waals surface area contributed by atoms with Crippen LogP contribution in [0.3, 0.4) is 0 Å². The van der Waals surface area contributed by atoms with Crippen LogP contribution in [0.4, 0.5) is 0 Å². The second-order valence-corrected chi connectivity index (χ2v) is 8.67. The first-order valence-electron chi connectivity index (χ1n) is 12.7. The number of hydrogen-bond donors (Lipinski definition) is 0. The van der Waals surface area contributed by atoms with Gasteiger partial charge in [0.2, 0.25) is 0 Å². The van der Waals surface area contributed by atoms with Gasteiger partial charge in [-0.2, -0.15) is 0 Å². The van der Waals surface area contributed by atoms with E-state index in [-0.39, 0.29) is 0 Å². The van der Waals surface area contributed by atoms with Gasteiger partial charge in [0.15, 0.2) is 0 Å². The molecule has 1 atom stereocenters. The quantitative estimate of drug-likeness (QED) is 0.167. The molecular formula is C26H53. The van der Waals surface area contributed by atoms with Crippen molar-refractivity contribution in [2.75, 3.05) is 0 Å². The topological polar surface area (TPSA) is 0 Å². The van der Waals surface area contributed by atoms with Crippen LogP contribution in [-0.2, 0) is 0 Å². The average Bonchev–Trinajstić information content (AvgIpc) is 2.65. The molecule has 0 bridgehead atoms. The van der Waals surface area contributed by atoms with E-state index in [0.29, 0.717) is 0 Å². The molecule has 0 aliphatic carbocycles. The summed E-state index contributed by atoms with van der Waals surface area (Å²) < 4.78 is 0. The summed E-state index contributed by atoms with van der Waals surface area (Å²) in [5.41, 5.74) is 0. The smallest absolute Gasteiger partial charge is 0.0355 e. The van der Waals surface area contributed by atoms with Crippen molar-refractivity contribution in [3.63, 3.8) is 0 Å². The molecule has 1 unspecified atom stereocenters. The molecular weight excluding hydrogens is 312 g/mol. The first-order chi connectivity index (χ1) is 12.8. The van der Waals surface area contributed by atoms with Gasteiger partial charge in [-0.15, -0.1) is 0 Å². The van der Waals surface area contributed by atoms with Crippen LogP contribution in [0.25, 0.3) is 0 Å². The summed E-state index contributed by atoms with van der Waals surface area (Å²) in [6.07, 6.45) is 33.0. The summed E-state index contributed by atoms with van der Waals surface area (Å²) in [7, 11) is 0. The van der Waals surface area contributed by atoms with Crippen LogP contribution in [0.2, 0.25) is 0 Å². The molecule has 0 rings (SSSR count). The van der Waals surface area contributed by atoms with Gasteiger partial charge in [-0.25, -0.2) is 0 Å². The monoisotopic (exact) mass is 365 g/mol. The minimum absolute atomic E-state index is 0.919. The average molecular weight is 366 g/mol. The van der Waals surface area contributed by atoms with Gasteiger partial charge in [-0.1, -0.05) is 149 Å². The normalized spacial score (nSPS) is 12.6. The maximum absolute atomic E-state index is 2.72. The van der Waals surface area contributed by atoms with E-state index in [2.05, 4.69) is 27.2 Å². The molecule has 0 fully saturated rings. The fourth-order valence-electron chi connectivity index (χ4n) is 4.03. The predicted molar refractivity (Wildman–Crippen MR) is 122 cm³/mol. The lowest BCUT2D eigenvalue weighted by atomic mass is 9.89. The lowest BCUT2D eigenvalue weighted by Gasteiger charge is -2.17. The highest BCUT2D eigenvalue weighted by Gasteiger charge is 2.09. The summed E-state index contributed by atoms with van der Waals surface area (Å²) in [4.78, 5) is 0. The zero-order chi connectivity index (χ0) is 19.1. The third-order valence-electron chi connectivity index (χ3n) is 5.91. The van der Waals surface area contributed by atoms with Crippen molar-refractivity contribution in [2.45, 2.75) is 156 Å². The maximum atomic E-state index is 2.72. The van der Waals surface area contributed by atoms with Gasteiger partial charge in [0.05, 0.1) is 0 Å². The van der Waals surface area contributed by atoms with Crippen LogP contribution >= 0.6 is 0 Å². The summed E-state index contributed by atoms with van der Waals surface area (Å²) >= 11 is 0. The molecule has 0 aliphatic heterocycles. The van der Waals surface area contributed by atoms with Gasteiger partial charge in [-0.3, -0.25) is 0 Å². The molecule has 0 heterocycles. The van der Waals surface area contributed by atoms with Crippen LogP contribution < -0.4 is 0 Å². The minimum atomic E-state index is 0.919. The molecule has 0 aliphatic rings. The van der Waals surface area contributed by atoms with Gasteiger partial charge in [0.25, 0.3) is 0 Å². The Morgan fingerprint density at radius 3 is 1.19 bits per heavy atom. The lowest BCUT2D eigenvalue weighted by Crippen LogP contribution is -2.02. The number of hydrogen-bond acceptors (Lipinski definition) is 0. The number of rotatable bonds is 22. The first-order valence-corrected chi connectivity index (χ1v) is 12.7. The third kappa shape index (κ3) is 20.3. The highest BCUT2D eigenvalue weighted by atomic mass is 14.1. The highest BCUT2D eigenvalue weighted by molar-refractivity contribution is 4.76. The zero-order valence-electron chi connectivity index (χ0n) is 19.0. The molecule has 0 heteroatoms. The van der Waals surface area contributed by atoms with Crippen LogP contribution in [0.15, 0.2) is 0 Å². The minimum Gasteiger partial charge on any atom is -0.0654 e. The van der Waals surface area contributed by atoms with Gasteiger partial charge >= 0.3 is 0 Å². The summed E-state index contributed by atoms with van der Waals surface area (Å²) in [5, 5.41) is 0. The zero-order valence-corrected chi connectivity index (χ0v) is 19.0. The summed E-state index contributed by atoms with van der Waals surface area (Å²) in [6, 6.07) is 0. The fraction of sp³-hybridized carbons (Fsp3) is 0.962. The van der Waals surface area contributed by atoms with E-state index in [4.69, 9.17) is 0 Å². The Morgan fingerprint density at radius 2 is 0.769 bits per heavy atom. The van der Waals surface area contributed by atoms with Crippen molar-refractivity contribution < 1.29 is 0 Å². The van der Waals surface area contributed by atoms with E-state index < -0.39 is 0 Å². The van der Waals surface area contributed by atoms with Crippen molar-refractivity contribution in [1.29, 1.82) is 0 Å². The molecule has 0 aromatic rings. The van der Waals surface area contributed by atoms with Crippen molar-refractivity contribution >= 4 is 0 Å². The van der Waals surface area contributed by atoms with Crippen molar-refractivity contribution in [3.05, 3.63) is 6.42 Å². The van der Waals surface area contributed by atoms with Gasteiger partial charge in [0.1, 0.15) is 0 Å². The van der Waals surface area contributed by atoms with E-state index in [1.165, 1.54) is 135 Å². The molecule has 157 valence electrons. The van der Waals surface area contributed by atoms with Crippen LogP contribution in [0.1, 0.15) is 156 Å². The molecule has 0 aromatic heterocycles. The number of unbranched alkanes of at least 4 members (excludes halogenated alkanes) is 16. The standard InChI is InChI=1S/C26H53/c1-4-7-10-13-15-16-19-22-25-26(23-20-17-12-9-6-3)24-21-18-14-11-8-5-2/h25-26H,4-24H2,1-3H3. The molecule has 0 nitrogen and oxygen atoms in total. The molecule has 0 saturated heterocycles. The van der Waals surface area contributed by atoms with E-state index in [1.807, 2.05) is 0 Å². The van der Waals surface area contributed by atoms with E-state index in [1.54, 1.807) is 0 Å². The maximum Gasteiger partial charge on any atom is -0.0355 e. The molecule has 1 radical (unpaired) electrons. The highest BCUT2D eigenvalue weighted by Crippen LogP contribution is 2.24. The van der Waals surface area contributed by atoms with E-state index in [0.717, 1.165) is 5.92 Å².